The second kappa shape index (κ2) is 7.11. The number of hydrogen-bond donors (Lipinski definition) is 2. The molecule has 138 valence electrons. The van der Waals surface area contributed by atoms with Crippen LogP contribution in [0.3, 0.4) is 0 Å². The summed E-state index contributed by atoms with van der Waals surface area (Å²) >= 11 is 0. The van der Waals surface area contributed by atoms with Gasteiger partial charge in [-0.1, -0.05) is 0 Å². The van der Waals surface area contributed by atoms with Gasteiger partial charge in [0.15, 0.2) is 0 Å². The Labute approximate surface area is 156 Å². The molecule has 1 saturated heterocycles. The molecule has 0 spiro atoms. The van der Waals surface area contributed by atoms with Crippen LogP contribution in [0.2, 0.25) is 0 Å². The van der Waals surface area contributed by atoms with Crippen LogP contribution in [0.5, 0.6) is 17.4 Å². The third-order valence-corrected chi connectivity index (χ3v) is 4.50. The zero-order valence-corrected chi connectivity index (χ0v) is 14.9. The number of carbonyl (C=O) groups excluding carboxylic acids is 1. The summed E-state index contributed by atoms with van der Waals surface area (Å²) in [5, 5.41) is 9.71. The molecule has 0 unspecified atom stereocenters. The first-order chi connectivity index (χ1) is 13.1. The number of nitrogens with zero attached hydrogens (tertiary/aromatic N) is 2. The van der Waals surface area contributed by atoms with Gasteiger partial charge in [-0.3, -0.25) is 9.89 Å². The number of aromatic amines is 1. The fourth-order valence-electron chi connectivity index (χ4n) is 2.92. The van der Waals surface area contributed by atoms with Crippen LogP contribution in [0.4, 0.5) is 0 Å². The number of benzene rings is 1. The highest BCUT2D eigenvalue weighted by Crippen LogP contribution is 2.27. The number of amides is 1. The molecule has 0 bridgehead atoms. The smallest absolute Gasteiger partial charge is 0.220 e. The molecule has 2 N–H and O–H groups in total. The summed E-state index contributed by atoms with van der Waals surface area (Å²) in [6.07, 6.45) is 4.48. The van der Waals surface area contributed by atoms with Gasteiger partial charge in [-0.05, 0) is 55.3 Å². The standard InChI is InChI=1S/C20H20N4O3/c1-20(10-8-18(25)22-13-20)27-19-7-6-16(12-21-19)26-15-4-2-14(3-5-15)17-9-11-23-24-17/h2-7,9,11-12H,8,10,13H2,1H3,(H,22,25)(H,23,24)/t20-/m1/s1. The molecule has 27 heavy (non-hydrogen) atoms. The summed E-state index contributed by atoms with van der Waals surface area (Å²) in [5.74, 6) is 1.91. The minimum absolute atomic E-state index is 0.0614. The molecule has 0 radical (unpaired) electrons. The van der Waals surface area contributed by atoms with Crippen molar-refractivity contribution >= 4 is 5.91 Å². The van der Waals surface area contributed by atoms with Crippen molar-refractivity contribution in [1.29, 1.82) is 0 Å². The number of rotatable bonds is 5. The van der Waals surface area contributed by atoms with Crippen molar-refractivity contribution in [3.05, 3.63) is 54.9 Å². The van der Waals surface area contributed by atoms with Crippen molar-refractivity contribution in [2.45, 2.75) is 25.4 Å². The van der Waals surface area contributed by atoms with Crippen LogP contribution >= 0.6 is 0 Å². The Morgan fingerprint density at radius 1 is 1.07 bits per heavy atom. The van der Waals surface area contributed by atoms with Crippen molar-refractivity contribution < 1.29 is 14.3 Å². The molecule has 1 aromatic carbocycles. The second-order valence-electron chi connectivity index (χ2n) is 6.76. The van der Waals surface area contributed by atoms with Gasteiger partial charge < -0.3 is 14.8 Å². The third-order valence-electron chi connectivity index (χ3n) is 4.50. The largest absolute Gasteiger partial charge is 0.469 e. The Morgan fingerprint density at radius 3 is 2.52 bits per heavy atom. The van der Waals surface area contributed by atoms with Gasteiger partial charge in [-0.25, -0.2) is 4.98 Å². The Bertz CT molecular complexity index is 895. The van der Waals surface area contributed by atoms with E-state index in [0.717, 1.165) is 17.0 Å². The van der Waals surface area contributed by atoms with E-state index in [2.05, 4.69) is 20.5 Å². The molecular weight excluding hydrogens is 344 g/mol. The fraction of sp³-hybridized carbons (Fsp3) is 0.250. The fourth-order valence-corrected chi connectivity index (χ4v) is 2.92. The molecule has 4 rings (SSSR count). The summed E-state index contributed by atoms with van der Waals surface area (Å²) in [7, 11) is 0. The van der Waals surface area contributed by atoms with E-state index in [1.807, 2.05) is 43.3 Å². The van der Waals surface area contributed by atoms with Crippen molar-refractivity contribution in [2.24, 2.45) is 0 Å². The maximum absolute atomic E-state index is 11.3. The summed E-state index contributed by atoms with van der Waals surface area (Å²) in [6.45, 7) is 2.45. The van der Waals surface area contributed by atoms with E-state index < -0.39 is 5.60 Å². The van der Waals surface area contributed by atoms with E-state index >= 15 is 0 Å². The molecule has 1 aliphatic rings. The highest BCUT2D eigenvalue weighted by molar-refractivity contribution is 5.77. The van der Waals surface area contributed by atoms with Gasteiger partial charge in [0.25, 0.3) is 0 Å². The van der Waals surface area contributed by atoms with E-state index in [0.29, 0.717) is 31.0 Å². The number of hydrogen-bond acceptors (Lipinski definition) is 5. The third kappa shape index (κ3) is 4.08. The van der Waals surface area contributed by atoms with Crippen LogP contribution in [0, 0.1) is 0 Å². The van der Waals surface area contributed by atoms with Crippen molar-refractivity contribution in [3.63, 3.8) is 0 Å². The molecular formula is C20H20N4O3. The summed E-state index contributed by atoms with van der Waals surface area (Å²) in [6, 6.07) is 13.2. The number of aromatic nitrogens is 3. The van der Waals surface area contributed by atoms with E-state index in [-0.39, 0.29) is 5.91 Å². The Kier molecular flexibility index (Phi) is 4.50. The lowest BCUT2D eigenvalue weighted by Crippen LogP contribution is -2.50. The quantitative estimate of drug-likeness (QED) is 0.725. The average molecular weight is 364 g/mol. The maximum atomic E-state index is 11.3. The van der Waals surface area contributed by atoms with Gasteiger partial charge in [0, 0.05) is 18.7 Å². The summed E-state index contributed by atoms with van der Waals surface area (Å²) < 4.78 is 11.8. The van der Waals surface area contributed by atoms with Gasteiger partial charge in [0.1, 0.15) is 17.1 Å². The van der Waals surface area contributed by atoms with Gasteiger partial charge in [0.05, 0.1) is 18.4 Å². The minimum Gasteiger partial charge on any atom is -0.469 e. The van der Waals surface area contributed by atoms with Crippen LogP contribution in [0.25, 0.3) is 11.3 Å². The number of pyridine rings is 1. The van der Waals surface area contributed by atoms with E-state index in [9.17, 15) is 4.79 Å². The average Bonchev–Trinajstić information content (AvgIpc) is 3.21. The molecule has 1 atom stereocenters. The van der Waals surface area contributed by atoms with Crippen molar-refractivity contribution in [2.75, 3.05) is 6.54 Å². The predicted octanol–water partition coefficient (Wildman–Crippen LogP) is 3.31. The molecule has 1 amide bonds. The first-order valence-corrected chi connectivity index (χ1v) is 8.79. The summed E-state index contributed by atoms with van der Waals surface area (Å²) in [4.78, 5) is 15.6. The minimum atomic E-state index is -0.439. The molecule has 0 saturated carbocycles. The van der Waals surface area contributed by atoms with Crippen LogP contribution < -0.4 is 14.8 Å². The van der Waals surface area contributed by atoms with Gasteiger partial charge in [0.2, 0.25) is 11.8 Å². The maximum Gasteiger partial charge on any atom is 0.220 e. The number of nitrogens with one attached hydrogen (secondary N) is 2. The molecule has 1 fully saturated rings. The lowest BCUT2D eigenvalue weighted by Gasteiger charge is -2.33. The number of carbonyl (C=O) groups is 1. The molecule has 7 nitrogen and oxygen atoms in total. The van der Waals surface area contributed by atoms with Crippen molar-refractivity contribution in [3.8, 4) is 28.6 Å². The molecule has 3 heterocycles. The topological polar surface area (TPSA) is 89.1 Å². The highest BCUT2D eigenvalue weighted by Gasteiger charge is 2.32. The van der Waals surface area contributed by atoms with Gasteiger partial charge in [-0.2, -0.15) is 5.10 Å². The SMILES string of the molecule is C[C@@]1(Oc2ccc(Oc3ccc(-c4ccn[nH]4)cc3)cn2)CCC(=O)NC1. The lowest BCUT2D eigenvalue weighted by atomic mass is 9.96. The molecule has 2 aromatic heterocycles. The Hall–Kier alpha value is -3.35. The monoisotopic (exact) mass is 364 g/mol. The lowest BCUT2D eigenvalue weighted by molar-refractivity contribution is -0.125. The van der Waals surface area contributed by atoms with E-state index in [1.165, 1.54) is 0 Å². The van der Waals surface area contributed by atoms with Gasteiger partial charge >= 0.3 is 0 Å². The molecule has 3 aromatic rings. The Balaban J connectivity index is 1.38. The first kappa shape index (κ1) is 17.1. The molecule has 0 aliphatic carbocycles. The van der Waals surface area contributed by atoms with E-state index in [4.69, 9.17) is 9.47 Å². The number of piperidine rings is 1. The molecule has 1 aliphatic heterocycles. The predicted molar refractivity (Wildman–Crippen MR) is 99.6 cm³/mol. The van der Waals surface area contributed by atoms with E-state index in [1.54, 1.807) is 18.5 Å². The zero-order chi connectivity index (χ0) is 18.7. The van der Waals surface area contributed by atoms with Crippen LogP contribution in [0.1, 0.15) is 19.8 Å². The highest BCUT2D eigenvalue weighted by atomic mass is 16.5. The van der Waals surface area contributed by atoms with Crippen LogP contribution in [0.15, 0.2) is 54.9 Å². The van der Waals surface area contributed by atoms with Gasteiger partial charge in [-0.15, -0.1) is 0 Å². The Morgan fingerprint density at radius 2 is 1.89 bits per heavy atom. The first-order valence-electron chi connectivity index (χ1n) is 8.79. The number of ether oxygens (including phenoxy) is 2. The normalized spacial score (nSPS) is 19.4. The second-order valence-corrected chi connectivity index (χ2v) is 6.76. The van der Waals surface area contributed by atoms with Crippen LogP contribution in [-0.4, -0.2) is 33.2 Å². The number of H-pyrrole nitrogens is 1. The summed E-state index contributed by atoms with van der Waals surface area (Å²) in [5.41, 5.74) is 1.55. The molecule has 7 heteroatoms. The van der Waals surface area contributed by atoms with Crippen LogP contribution in [-0.2, 0) is 4.79 Å². The zero-order valence-electron chi connectivity index (χ0n) is 14.9. The van der Waals surface area contributed by atoms with Crippen molar-refractivity contribution in [1.82, 2.24) is 20.5 Å².